The van der Waals surface area contributed by atoms with Crippen molar-refractivity contribution in [3.8, 4) is 0 Å². The van der Waals surface area contributed by atoms with Gasteiger partial charge in [-0.05, 0) is 24.7 Å². The van der Waals surface area contributed by atoms with Crippen LogP contribution >= 0.6 is 0 Å². The molecule has 108 valence electrons. The zero-order valence-electron chi connectivity index (χ0n) is 12.1. The first-order valence-electron chi connectivity index (χ1n) is 7.21. The number of carbonyl (C=O) groups is 3. The zero-order chi connectivity index (χ0) is 14.7. The Kier molecular flexibility index (Phi) is 2.78. The van der Waals surface area contributed by atoms with E-state index in [0.717, 1.165) is 6.42 Å². The van der Waals surface area contributed by atoms with Gasteiger partial charge in [-0.2, -0.15) is 0 Å². The molecule has 4 atom stereocenters. The summed E-state index contributed by atoms with van der Waals surface area (Å²) in [6.07, 6.45) is 5.64. The third-order valence-electron chi connectivity index (χ3n) is 4.85. The number of nitrogens with one attached hydrogen (secondary N) is 1. The van der Waals surface area contributed by atoms with Crippen LogP contribution in [-0.4, -0.2) is 34.2 Å². The summed E-state index contributed by atoms with van der Waals surface area (Å²) in [4.78, 5) is 38.5. The van der Waals surface area contributed by atoms with Crippen LogP contribution in [0.15, 0.2) is 12.2 Å². The van der Waals surface area contributed by atoms with Crippen molar-refractivity contribution in [2.24, 2.45) is 17.8 Å². The number of fused-ring (bicyclic) bond motifs is 3. The number of hydrogen-bond acceptors (Lipinski definition) is 3. The summed E-state index contributed by atoms with van der Waals surface area (Å²) in [6.45, 7) is 5.07. The van der Waals surface area contributed by atoms with E-state index in [9.17, 15) is 14.4 Å². The normalized spacial score (nSPS) is 39.0. The van der Waals surface area contributed by atoms with Gasteiger partial charge in [0.1, 0.15) is 11.6 Å². The fourth-order valence-electron chi connectivity index (χ4n) is 3.99. The van der Waals surface area contributed by atoms with Crippen molar-refractivity contribution in [2.45, 2.75) is 45.2 Å². The maximum absolute atomic E-state index is 12.9. The third kappa shape index (κ3) is 1.58. The Labute approximate surface area is 118 Å². The quantitative estimate of drug-likeness (QED) is 0.722. The molecule has 0 aromatic rings. The molecule has 3 aliphatic rings. The minimum absolute atomic E-state index is 0.0268. The van der Waals surface area contributed by atoms with Gasteiger partial charge < -0.3 is 5.32 Å². The first kappa shape index (κ1) is 13.3. The average molecular weight is 276 g/mol. The van der Waals surface area contributed by atoms with E-state index in [0.29, 0.717) is 12.3 Å². The molecule has 5 nitrogen and oxygen atoms in total. The molecule has 20 heavy (non-hydrogen) atoms. The van der Waals surface area contributed by atoms with Gasteiger partial charge in [0.25, 0.3) is 5.91 Å². The molecule has 1 N–H and O–H groups in total. The highest BCUT2D eigenvalue weighted by Gasteiger charge is 2.60. The van der Waals surface area contributed by atoms with Crippen LogP contribution < -0.4 is 5.32 Å². The van der Waals surface area contributed by atoms with Crippen molar-refractivity contribution in [2.75, 3.05) is 0 Å². The van der Waals surface area contributed by atoms with Crippen LogP contribution in [0.5, 0.6) is 0 Å². The molecule has 3 amide bonds. The molecule has 0 radical (unpaired) electrons. The number of piperazine rings is 1. The SMILES string of the molecule is CC(=O)N1C(=O)[C@]2(C[C@H]3C=C[C@@H]2C3)NC(=O)[C@@H]1C(C)C. The van der Waals surface area contributed by atoms with E-state index in [4.69, 9.17) is 0 Å². The first-order chi connectivity index (χ1) is 9.36. The zero-order valence-corrected chi connectivity index (χ0v) is 12.1. The van der Waals surface area contributed by atoms with E-state index in [1.54, 1.807) is 0 Å². The van der Waals surface area contributed by atoms with Crippen LogP contribution in [0.1, 0.15) is 33.6 Å². The molecule has 1 saturated heterocycles. The number of hydrogen-bond donors (Lipinski definition) is 1. The first-order valence-corrected chi connectivity index (χ1v) is 7.21. The van der Waals surface area contributed by atoms with Crippen molar-refractivity contribution < 1.29 is 14.4 Å². The van der Waals surface area contributed by atoms with Gasteiger partial charge >= 0.3 is 0 Å². The van der Waals surface area contributed by atoms with Crippen LogP contribution in [0, 0.1) is 17.8 Å². The number of imide groups is 1. The van der Waals surface area contributed by atoms with Gasteiger partial charge in [0.2, 0.25) is 11.8 Å². The standard InChI is InChI=1S/C15H20N2O3/c1-8(2)12-13(19)16-15(14(20)17(12)9(3)18)7-10-4-5-11(15)6-10/h4-5,8,10-12H,6-7H2,1-3H3,(H,16,19)/t10-,11+,12-,15+/m0/s1. The molecule has 0 aromatic carbocycles. The van der Waals surface area contributed by atoms with Crippen LogP contribution in [0.3, 0.4) is 0 Å². The van der Waals surface area contributed by atoms with Crippen molar-refractivity contribution in [1.29, 1.82) is 0 Å². The number of amides is 3. The van der Waals surface area contributed by atoms with Gasteiger partial charge in [-0.3, -0.25) is 19.3 Å². The molecular weight excluding hydrogens is 256 g/mol. The Morgan fingerprint density at radius 3 is 2.55 bits per heavy atom. The molecule has 5 heteroatoms. The molecular formula is C15H20N2O3. The predicted molar refractivity (Wildman–Crippen MR) is 72.4 cm³/mol. The van der Waals surface area contributed by atoms with Crippen LogP contribution in [0.2, 0.25) is 0 Å². The number of allylic oxidation sites excluding steroid dienone is 1. The maximum Gasteiger partial charge on any atom is 0.256 e. The lowest BCUT2D eigenvalue weighted by Gasteiger charge is -2.46. The molecule has 1 spiro atoms. The highest BCUT2D eigenvalue weighted by Crippen LogP contribution is 2.48. The molecule has 2 fully saturated rings. The molecule has 1 heterocycles. The van der Waals surface area contributed by atoms with E-state index in [-0.39, 0.29) is 29.6 Å². The summed E-state index contributed by atoms with van der Waals surface area (Å²) in [5, 5.41) is 2.96. The van der Waals surface area contributed by atoms with Crippen LogP contribution in [0.25, 0.3) is 0 Å². The number of carbonyl (C=O) groups excluding carboxylic acids is 3. The Hall–Kier alpha value is -1.65. The summed E-state index contributed by atoms with van der Waals surface area (Å²) < 4.78 is 0. The lowest BCUT2D eigenvalue weighted by molar-refractivity contribution is -0.164. The van der Waals surface area contributed by atoms with E-state index in [1.165, 1.54) is 11.8 Å². The molecule has 1 saturated carbocycles. The van der Waals surface area contributed by atoms with E-state index in [2.05, 4.69) is 11.4 Å². The predicted octanol–water partition coefficient (Wildman–Crippen LogP) is 0.851. The van der Waals surface area contributed by atoms with Gasteiger partial charge in [0.05, 0.1) is 0 Å². The second-order valence-electron chi connectivity index (χ2n) is 6.53. The largest absolute Gasteiger partial charge is 0.339 e. The van der Waals surface area contributed by atoms with Crippen LogP contribution in [0.4, 0.5) is 0 Å². The molecule has 3 rings (SSSR count). The molecule has 1 aliphatic heterocycles. The summed E-state index contributed by atoms with van der Waals surface area (Å²) in [5.74, 6) is -0.479. The van der Waals surface area contributed by atoms with Gasteiger partial charge in [-0.1, -0.05) is 26.0 Å². The number of nitrogens with zero attached hydrogens (tertiary/aromatic N) is 1. The summed E-state index contributed by atoms with van der Waals surface area (Å²) in [6, 6.07) is -0.686. The minimum Gasteiger partial charge on any atom is -0.339 e. The Morgan fingerprint density at radius 2 is 2.10 bits per heavy atom. The highest BCUT2D eigenvalue weighted by atomic mass is 16.2. The monoisotopic (exact) mass is 276 g/mol. The highest BCUT2D eigenvalue weighted by molar-refractivity contribution is 6.09. The van der Waals surface area contributed by atoms with Crippen molar-refractivity contribution in [1.82, 2.24) is 10.2 Å². The second kappa shape index (κ2) is 4.17. The molecule has 2 bridgehead atoms. The van der Waals surface area contributed by atoms with Gasteiger partial charge in [0, 0.05) is 12.8 Å². The topological polar surface area (TPSA) is 66.5 Å². The molecule has 0 unspecified atom stereocenters. The second-order valence-corrected chi connectivity index (χ2v) is 6.53. The summed E-state index contributed by atoms with van der Waals surface area (Å²) in [5.41, 5.74) is -0.881. The average Bonchev–Trinajstić information content (AvgIpc) is 2.93. The van der Waals surface area contributed by atoms with E-state index >= 15 is 0 Å². The van der Waals surface area contributed by atoms with Crippen molar-refractivity contribution in [3.05, 3.63) is 12.2 Å². The summed E-state index contributed by atoms with van der Waals surface area (Å²) in [7, 11) is 0. The molecule has 0 aromatic heterocycles. The smallest absolute Gasteiger partial charge is 0.256 e. The van der Waals surface area contributed by atoms with E-state index < -0.39 is 11.6 Å². The Balaban J connectivity index is 2.02. The summed E-state index contributed by atoms with van der Waals surface area (Å²) >= 11 is 0. The van der Waals surface area contributed by atoms with Crippen LogP contribution in [-0.2, 0) is 14.4 Å². The number of rotatable bonds is 1. The van der Waals surface area contributed by atoms with Gasteiger partial charge in [-0.15, -0.1) is 0 Å². The lowest BCUT2D eigenvalue weighted by Crippen LogP contribution is -2.73. The third-order valence-corrected chi connectivity index (χ3v) is 4.85. The fourth-order valence-corrected chi connectivity index (χ4v) is 3.99. The lowest BCUT2D eigenvalue weighted by atomic mass is 9.79. The molecule has 2 aliphatic carbocycles. The Bertz CT molecular complexity index is 525. The Morgan fingerprint density at radius 1 is 1.40 bits per heavy atom. The fraction of sp³-hybridized carbons (Fsp3) is 0.667. The maximum atomic E-state index is 12.9. The van der Waals surface area contributed by atoms with E-state index in [1.807, 2.05) is 19.9 Å². The van der Waals surface area contributed by atoms with Gasteiger partial charge in [-0.25, -0.2) is 0 Å². The van der Waals surface area contributed by atoms with Crippen molar-refractivity contribution in [3.63, 3.8) is 0 Å². The minimum atomic E-state index is -0.881. The van der Waals surface area contributed by atoms with Gasteiger partial charge in [0.15, 0.2) is 0 Å². The van der Waals surface area contributed by atoms with Crippen molar-refractivity contribution >= 4 is 17.7 Å².